The van der Waals surface area contributed by atoms with Gasteiger partial charge in [-0.3, -0.25) is 14.4 Å². The number of benzene rings is 1. The van der Waals surface area contributed by atoms with Gasteiger partial charge in [0.1, 0.15) is 18.3 Å². The number of carbonyl (C=O) groups is 3. The summed E-state index contributed by atoms with van der Waals surface area (Å²) in [5.74, 6) is -1.61. The minimum absolute atomic E-state index is 0.150. The highest BCUT2D eigenvalue weighted by atomic mass is 35.5. The van der Waals surface area contributed by atoms with Crippen LogP contribution in [0.25, 0.3) is 27.7 Å². The summed E-state index contributed by atoms with van der Waals surface area (Å²) in [7, 11) is 0. The van der Waals surface area contributed by atoms with Crippen molar-refractivity contribution >= 4 is 51.6 Å². The standard InChI is InChI=1S/C33H29ClF3N7O3/c1-16-7-19(20-12-38-27-8-17(2)41-43(27)13-20)9-21-22(18(3)45)14-42(29(16)21)15-28(46)44-24(10-32(4)11-26(32)44)31(47)40-30-23(34)5-6-25(39-30)33(35,36)37/h5-9,12-14,24,26H,10-11,15H2,1-4H3,(H,39,40,47)/t24-,26+,32-/m0/s1. The smallest absolute Gasteiger partial charge is 0.337 e. The molecule has 1 aliphatic heterocycles. The molecule has 2 fully saturated rings. The Morgan fingerprint density at radius 3 is 2.57 bits per heavy atom. The second-order valence-electron chi connectivity index (χ2n) is 12.8. The summed E-state index contributed by atoms with van der Waals surface area (Å²) in [6.07, 6.45) is 1.59. The van der Waals surface area contributed by atoms with Crippen LogP contribution in [0.1, 0.15) is 54.0 Å². The van der Waals surface area contributed by atoms with E-state index in [0.717, 1.165) is 34.5 Å². The molecule has 4 aromatic heterocycles. The number of ketones is 1. The molecule has 1 aliphatic carbocycles. The first-order valence-corrected chi connectivity index (χ1v) is 15.3. The van der Waals surface area contributed by atoms with Crippen LogP contribution < -0.4 is 5.32 Å². The Bertz CT molecular complexity index is 2160. The quantitative estimate of drug-likeness (QED) is 0.215. The summed E-state index contributed by atoms with van der Waals surface area (Å²) >= 11 is 6.08. The first-order valence-electron chi connectivity index (χ1n) is 15.0. The molecule has 0 unspecified atom stereocenters. The third kappa shape index (κ3) is 5.32. The molecule has 0 bridgehead atoms. The molecule has 47 heavy (non-hydrogen) atoms. The molecular weight excluding hydrogens is 635 g/mol. The predicted molar refractivity (Wildman–Crippen MR) is 168 cm³/mol. The molecule has 1 aromatic carbocycles. The van der Waals surface area contributed by atoms with Crippen LogP contribution in [0.3, 0.4) is 0 Å². The number of fused-ring (bicyclic) bond motifs is 3. The lowest BCUT2D eigenvalue weighted by Gasteiger charge is -2.27. The molecule has 0 radical (unpaired) electrons. The van der Waals surface area contributed by atoms with E-state index < -0.39 is 29.6 Å². The fraction of sp³-hybridized carbons (Fsp3) is 0.333. The maximum absolute atomic E-state index is 14.0. The third-order valence-corrected chi connectivity index (χ3v) is 9.53. The van der Waals surface area contributed by atoms with Crippen LogP contribution in [0, 0.1) is 19.3 Å². The Labute approximate surface area is 271 Å². The Morgan fingerprint density at radius 2 is 1.85 bits per heavy atom. The van der Waals surface area contributed by atoms with E-state index in [1.165, 1.54) is 11.8 Å². The highest BCUT2D eigenvalue weighted by Gasteiger charge is 2.64. The number of rotatable bonds is 6. The number of nitrogens with zero attached hydrogens (tertiary/aromatic N) is 6. The lowest BCUT2D eigenvalue weighted by atomic mass is 10.0. The van der Waals surface area contributed by atoms with Crippen LogP contribution in [0.4, 0.5) is 19.0 Å². The van der Waals surface area contributed by atoms with E-state index >= 15 is 0 Å². The molecule has 5 aromatic rings. The predicted octanol–water partition coefficient (Wildman–Crippen LogP) is 6.26. The van der Waals surface area contributed by atoms with Crippen molar-refractivity contribution in [2.45, 2.75) is 65.3 Å². The summed E-state index contributed by atoms with van der Waals surface area (Å²) in [6.45, 7) is 7.07. The third-order valence-electron chi connectivity index (χ3n) is 9.22. The van der Waals surface area contributed by atoms with Crippen molar-refractivity contribution in [1.29, 1.82) is 0 Å². The molecule has 5 heterocycles. The number of pyridine rings is 1. The summed E-state index contributed by atoms with van der Waals surface area (Å²) in [5.41, 5.74) is 3.67. The van der Waals surface area contributed by atoms with Crippen LogP contribution in [-0.2, 0) is 22.3 Å². The fourth-order valence-corrected chi connectivity index (χ4v) is 7.00. The lowest BCUT2D eigenvalue weighted by molar-refractivity contribution is -0.141. The number of amides is 2. The van der Waals surface area contributed by atoms with Crippen molar-refractivity contribution in [3.05, 3.63) is 76.5 Å². The molecule has 10 nitrogen and oxygen atoms in total. The number of halogens is 4. The Hall–Kier alpha value is -4.78. The van der Waals surface area contributed by atoms with Crippen molar-refractivity contribution in [2.75, 3.05) is 5.32 Å². The minimum atomic E-state index is -4.73. The normalized spacial score (nSPS) is 20.6. The molecule has 14 heteroatoms. The minimum Gasteiger partial charge on any atom is -0.337 e. The number of Topliss-reactive ketones (excluding diaryl/α,β-unsaturated/α-hetero) is 1. The molecule has 2 amide bonds. The van der Waals surface area contributed by atoms with Crippen molar-refractivity contribution in [2.24, 2.45) is 5.41 Å². The molecular formula is C33H29ClF3N7O3. The fourth-order valence-electron chi connectivity index (χ4n) is 6.85. The van der Waals surface area contributed by atoms with Gasteiger partial charge in [0.25, 0.3) is 0 Å². The van der Waals surface area contributed by atoms with Gasteiger partial charge in [-0.25, -0.2) is 14.5 Å². The van der Waals surface area contributed by atoms with Gasteiger partial charge in [0, 0.05) is 47.2 Å². The van der Waals surface area contributed by atoms with Crippen molar-refractivity contribution in [1.82, 2.24) is 29.0 Å². The number of alkyl halides is 3. The van der Waals surface area contributed by atoms with Gasteiger partial charge < -0.3 is 14.8 Å². The molecule has 242 valence electrons. The summed E-state index contributed by atoms with van der Waals surface area (Å²) in [5, 5.41) is 7.40. The van der Waals surface area contributed by atoms with Gasteiger partial charge in [-0.15, -0.1) is 0 Å². The number of carbonyl (C=O) groups excluding carboxylic acids is 3. The van der Waals surface area contributed by atoms with Gasteiger partial charge in [-0.1, -0.05) is 18.5 Å². The van der Waals surface area contributed by atoms with E-state index in [-0.39, 0.29) is 34.7 Å². The molecule has 1 saturated carbocycles. The number of aryl methyl sites for hydroxylation is 2. The van der Waals surface area contributed by atoms with Crippen LogP contribution in [0.5, 0.6) is 0 Å². The zero-order chi connectivity index (χ0) is 33.6. The van der Waals surface area contributed by atoms with Crippen LogP contribution in [0.2, 0.25) is 5.02 Å². The van der Waals surface area contributed by atoms with Gasteiger partial charge >= 0.3 is 6.18 Å². The second kappa shape index (κ2) is 10.6. The topological polar surface area (TPSA) is 114 Å². The Kier molecular flexibility index (Phi) is 6.97. The van der Waals surface area contributed by atoms with Crippen LogP contribution >= 0.6 is 11.6 Å². The highest BCUT2D eigenvalue weighted by molar-refractivity contribution is 6.33. The number of piperidine rings is 1. The molecule has 1 N–H and O–H groups in total. The molecule has 0 spiro atoms. The van der Waals surface area contributed by atoms with Gasteiger partial charge in [0.2, 0.25) is 11.8 Å². The number of hydrogen-bond donors (Lipinski definition) is 1. The van der Waals surface area contributed by atoms with Gasteiger partial charge in [-0.2, -0.15) is 18.3 Å². The van der Waals surface area contributed by atoms with E-state index in [0.29, 0.717) is 35.0 Å². The summed E-state index contributed by atoms with van der Waals surface area (Å²) < 4.78 is 43.3. The second-order valence-corrected chi connectivity index (χ2v) is 13.2. The van der Waals surface area contributed by atoms with Crippen molar-refractivity contribution < 1.29 is 27.6 Å². The number of nitrogens with one attached hydrogen (secondary N) is 1. The largest absolute Gasteiger partial charge is 0.433 e. The maximum Gasteiger partial charge on any atom is 0.433 e. The summed E-state index contributed by atoms with van der Waals surface area (Å²) in [6, 6.07) is 6.35. The lowest BCUT2D eigenvalue weighted by Crippen LogP contribution is -2.46. The van der Waals surface area contributed by atoms with Gasteiger partial charge in [-0.05, 0) is 74.4 Å². The van der Waals surface area contributed by atoms with E-state index in [1.54, 1.807) is 21.5 Å². The maximum atomic E-state index is 14.0. The van der Waals surface area contributed by atoms with E-state index in [1.807, 2.05) is 45.2 Å². The monoisotopic (exact) mass is 663 g/mol. The zero-order valence-corrected chi connectivity index (χ0v) is 26.6. The van der Waals surface area contributed by atoms with E-state index in [2.05, 4.69) is 20.4 Å². The van der Waals surface area contributed by atoms with E-state index in [4.69, 9.17) is 11.6 Å². The highest BCUT2D eigenvalue weighted by Crippen LogP contribution is 2.59. The average molecular weight is 664 g/mol. The first kappa shape index (κ1) is 30.9. The first-order chi connectivity index (χ1) is 22.1. The molecule has 1 saturated heterocycles. The number of hydrogen-bond acceptors (Lipinski definition) is 6. The summed E-state index contributed by atoms with van der Waals surface area (Å²) in [4.78, 5) is 49.8. The molecule has 3 atom stereocenters. The van der Waals surface area contributed by atoms with Crippen LogP contribution in [-0.4, -0.2) is 58.7 Å². The van der Waals surface area contributed by atoms with Gasteiger partial charge in [0.15, 0.2) is 17.2 Å². The number of likely N-dealkylation sites (tertiary alicyclic amines) is 1. The Morgan fingerprint density at radius 1 is 1.09 bits per heavy atom. The van der Waals surface area contributed by atoms with Crippen molar-refractivity contribution in [3.8, 4) is 11.1 Å². The number of anilines is 1. The van der Waals surface area contributed by atoms with Gasteiger partial charge in [0.05, 0.1) is 16.2 Å². The molecule has 2 aliphatic rings. The van der Waals surface area contributed by atoms with Crippen LogP contribution in [0.15, 0.2) is 48.9 Å². The molecule has 7 rings (SSSR count). The van der Waals surface area contributed by atoms with E-state index in [9.17, 15) is 27.6 Å². The Balaban J connectivity index is 1.19. The zero-order valence-electron chi connectivity index (χ0n) is 25.8. The SMILES string of the molecule is CC(=O)c1cn(CC(=O)N2[C@H](C(=O)Nc3nc(C(F)(F)F)ccc3Cl)C[C@@]3(C)C[C@@H]23)c2c(C)cc(-c3cnc4cc(C)nn4c3)cc12. The van der Waals surface area contributed by atoms with Crippen molar-refractivity contribution in [3.63, 3.8) is 0 Å². The average Bonchev–Trinajstić information content (AvgIpc) is 3.26. The number of aromatic nitrogens is 5.